The lowest BCUT2D eigenvalue weighted by Crippen LogP contribution is -2.08. The molecular formula is C14H21N3O3. The maximum absolute atomic E-state index is 9.40. The van der Waals surface area contributed by atoms with Gasteiger partial charge in [-0.25, -0.2) is 4.98 Å². The van der Waals surface area contributed by atoms with Gasteiger partial charge in [-0.15, -0.1) is 0 Å². The number of nitrogens with zero attached hydrogens (tertiary/aromatic N) is 2. The first kappa shape index (κ1) is 14.8. The van der Waals surface area contributed by atoms with Crippen molar-refractivity contribution in [1.29, 1.82) is 0 Å². The third-order valence-corrected chi connectivity index (χ3v) is 3.09. The van der Waals surface area contributed by atoms with Crippen molar-refractivity contribution in [1.82, 2.24) is 9.55 Å². The minimum Gasteiger partial charge on any atom is -0.399 e. The van der Waals surface area contributed by atoms with Gasteiger partial charge in [0.15, 0.2) is 0 Å². The van der Waals surface area contributed by atoms with E-state index in [9.17, 15) is 5.11 Å². The summed E-state index contributed by atoms with van der Waals surface area (Å²) in [6.07, 6.45) is 0.854. The molecule has 0 unspecified atom stereocenters. The Hall–Kier alpha value is -1.63. The Morgan fingerprint density at radius 3 is 2.90 bits per heavy atom. The summed E-state index contributed by atoms with van der Waals surface area (Å²) < 4.78 is 12.4. The zero-order chi connectivity index (χ0) is 14.4. The molecule has 6 heteroatoms. The second kappa shape index (κ2) is 7.23. The van der Waals surface area contributed by atoms with Crippen LogP contribution in [0.5, 0.6) is 0 Å². The number of rotatable bonds is 8. The molecule has 2 aromatic rings. The largest absolute Gasteiger partial charge is 0.399 e. The first-order chi connectivity index (χ1) is 9.76. The van der Waals surface area contributed by atoms with E-state index in [1.165, 1.54) is 0 Å². The number of aryl methyl sites for hydroxylation is 1. The Morgan fingerprint density at radius 2 is 2.15 bits per heavy atom. The molecule has 0 aliphatic carbocycles. The van der Waals surface area contributed by atoms with Gasteiger partial charge in [-0.1, -0.05) is 0 Å². The number of benzene rings is 1. The van der Waals surface area contributed by atoms with Crippen LogP contribution in [0.3, 0.4) is 0 Å². The third-order valence-electron chi connectivity index (χ3n) is 3.09. The lowest BCUT2D eigenvalue weighted by atomic mass is 10.3. The van der Waals surface area contributed by atoms with E-state index in [1.807, 2.05) is 22.8 Å². The van der Waals surface area contributed by atoms with Crippen LogP contribution in [0, 0.1) is 0 Å². The SMILES string of the molecule is COCCOCCCn1c(CO)nc2cc(N)ccc21. The molecule has 0 saturated carbocycles. The lowest BCUT2D eigenvalue weighted by molar-refractivity contribution is 0.0679. The van der Waals surface area contributed by atoms with Gasteiger partial charge in [0, 0.05) is 25.9 Å². The second-order valence-corrected chi connectivity index (χ2v) is 4.54. The van der Waals surface area contributed by atoms with Crippen molar-refractivity contribution in [2.75, 3.05) is 32.7 Å². The monoisotopic (exact) mass is 279 g/mol. The molecule has 3 N–H and O–H groups in total. The molecule has 1 aromatic carbocycles. The minimum atomic E-state index is -0.0842. The topological polar surface area (TPSA) is 82.5 Å². The number of aromatic nitrogens is 2. The maximum Gasteiger partial charge on any atom is 0.135 e. The molecule has 20 heavy (non-hydrogen) atoms. The van der Waals surface area contributed by atoms with Crippen LogP contribution in [0.25, 0.3) is 11.0 Å². The highest BCUT2D eigenvalue weighted by molar-refractivity contribution is 5.79. The molecule has 0 bridgehead atoms. The van der Waals surface area contributed by atoms with Gasteiger partial charge in [0.1, 0.15) is 12.4 Å². The summed E-state index contributed by atoms with van der Waals surface area (Å²) in [5.74, 6) is 0.655. The molecule has 0 saturated heterocycles. The highest BCUT2D eigenvalue weighted by Gasteiger charge is 2.09. The smallest absolute Gasteiger partial charge is 0.135 e. The Morgan fingerprint density at radius 1 is 1.30 bits per heavy atom. The maximum atomic E-state index is 9.40. The minimum absolute atomic E-state index is 0.0842. The molecule has 0 amide bonds. The van der Waals surface area contributed by atoms with Crippen molar-refractivity contribution in [3.63, 3.8) is 0 Å². The van der Waals surface area contributed by atoms with E-state index in [-0.39, 0.29) is 6.61 Å². The van der Waals surface area contributed by atoms with Crippen molar-refractivity contribution < 1.29 is 14.6 Å². The van der Waals surface area contributed by atoms with Gasteiger partial charge in [-0.2, -0.15) is 0 Å². The number of aliphatic hydroxyl groups excluding tert-OH is 1. The number of fused-ring (bicyclic) bond motifs is 1. The van der Waals surface area contributed by atoms with Crippen LogP contribution in [0.2, 0.25) is 0 Å². The molecule has 110 valence electrons. The fraction of sp³-hybridized carbons (Fsp3) is 0.500. The third kappa shape index (κ3) is 3.47. The molecule has 1 heterocycles. The number of anilines is 1. The van der Waals surface area contributed by atoms with Gasteiger partial charge < -0.3 is 24.9 Å². The summed E-state index contributed by atoms with van der Waals surface area (Å²) in [4.78, 5) is 4.39. The van der Waals surface area contributed by atoms with Crippen LogP contribution in [0.15, 0.2) is 18.2 Å². The van der Waals surface area contributed by atoms with Gasteiger partial charge in [-0.05, 0) is 24.6 Å². The van der Waals surface area contributed by atoms with Crippen molar-refractivity contribution in [3.8, 4) is 0 Å². The van der Waals surface area contributed by atoms with E-state index in [2.05, 4.69) is 4.98 Å². The average Bonchev–Trinajstić information content (AvgIpc) is 2.79. The summed E-state index contributed by atoms with van der Waals surface area (Å²) in [5.41, 5.74) is 8.23. The number of methoxy groups -OCH3 is 1. The lowest BCUT2D eigenvalue weighted by Gasteiger charge is -2.08. The summed E-state index contributed by atoms with van der Waals surface area (Å²) >= 11 is 0. The van der Waals surface area contributed by atoms with E-state index in [4.69, 9.17) is 15.2 Å². The molecule has 0 aliphatic heterocycles. The average molecular weight is 279 g/mol. The molecule has 0 fully saturated rings. The zero-order valence-corrected chi connectivity index (χ0v) is 11.7. The number of nitrogen functional groups attached to an aromatic ring is 1. The van der Waals surface area contributed by atoms with Crippen LogP contribution in [-0.4, -0.2) is 41.6 Å². The van der Waals surface area contributed by atoms with Gasteiger partial charge in [0.2, 0.25) is 0 Å². The molecular weight excluding hydrogens is 258 g/mol. The highest BCUT2D eigenvalue weighted by Crippen LogP contribution is 2.19. The van der Waals surface area contributed by atoms with Crippen molar-refractivity contribution in [3.05, 3.63) is 24.0 Å². The van der Waals surface area contributed by atoms with Crippen molar-refractivity contribution in [2.45, 2.75) is 19.6 Å². The summed E-state index contributed by atoms with van der Waals surface area (Å²) in [5, 5.41) is 9.40. The molecule has 0 spiro atoms. The van der Waals surface area contributed by atoms with Crippen LogP contribution in [-0.2, 0) is 22.6 Å². The van der Waals surface area contributed by atoms with Gasteiger partial charge in [0.05, 0.1) is 24.2 Å². The molecule has 1 aromatic heterocycles. The zero-order valence-electron chi connectivity index (χ0n) is 11.7. The quantitative estimate of drug-likeness (QED) is 0.560. The van der Waals surface area contributed by atoms with E-state index >= 15 is 0 Å². The van der Waals surface area contributed by atoms with Gasteiger partial charge in [0.25, 0.3) is 0 Å². The van der Waals surface area contributed by atoms with Crippen LogP contribution in [0.4, 0.5) is 5.69 Å². The summed E-state index contributed by atoms with van der Waals surface area (Å²) in [6, 6.07) is 5.60. The first-order valence-electron chi connectivity index (χ1n) is 6.68. The molecule has 6 nitrogen and oxygen atoms in total. The molecule has 0 atom stereocenters. The Kier molecular flexibility index (Phi) is 5.34. The van der Waals surface area contributed by atoms with Crippen LogP contribution >= 0.6 is 0 Å². The number of hydrogen-bond acceptors (Lipinski definition) is 5. The predicted molar refractivity (Wildman–Crippen MR) is 77.4 cm³/mol. The first-order valence-corrected chi connectivity index (χ1v) is 6.68. The molecule has 0 radical (unpaired) electrons. The van der Waals surface area contributed by atoms with E-state index in [0.29, 0.717) is 31.3 Å². The Balaban J connectivity index is 2.01. The van der Waals surface area contributed by atoms with Gasteiger partial charge >= 0.3 is 0 Å². The fourth-order valence-corrected chi connectivity index (χ4v) is 2.14. The number of ether oxygens (including phenoxy) is 2. The standard InChI is InChI=1S/C14H21N3O3/c1-19-7-8-20-6-2-5-17-13-4-3-11(15)9-12(13)16-14(17)10-18/h3-4,9,18H,2,5-8,10,15H2,1H3. The number of imidazole rings is 1. The van der Waals surface area contributed by atoms with Crippen molar-refractivity contribution >= 4 is 16.7 Å². The van der Waals surface area contributed by atoms with E-state index < -0.39 is 0 Å². The summed E-state index contributed by atoms with van der Waals surface area (Å²) in [7, 11) is 1.65. The number of hydrogen-bond donors (Lipinski definition) is 2. The Bertz CT molecular complexity index is 554. The molecule has 0 aliphatic rings. The van der Waals surface area contributed by atoms with E-state index in [1.54, 1.807) is 7.11 Å². The summed E-state index contributed by atoms with van der Waals surface area (Å²) in [6.45, 7) is 2.53. The van der Waals surface area contributed by atoms with Crippen molar-refractivity contribution in [2.24, 2.45) is 0 Å². The fourth-order valence-electron chi connectivity index (χ4n) is 2.14. The highest BCUT2D eigenvalue weighted by atomic mass is 16.5. The number of nitrogens with two attached hydrogens (primary N) is 1. The number of aliphatic hydroxyl groups is 1. The van der Waals surface area contributed by atoms with Crippen LogP contribution in [0.1, 0.15) is 12.2 Å². The normalized spacial score (nSPS) is 11.3. The van der Waals surface area contributed by atoms with E-state index in [0.717, 1.165) is 24.0 Å². The Labute approximate surface area is 118 Å². The molecule has 2 rings (SSSR count). The second-order valence-electron chi connectivity index (χ2n) is 4.54. The van der Waals surface area contributed by atoms with Crippen LogP contribution < -0.4 is 5.73 Å². The predicted octanol–water partition coefficient (Wildman–Crippen LogP) is 1.16. The van der Waals surface area contributed by atoms with Gasteiger partial charge in [-0.3, -0.25) is 0 Å².